The normalized spacial score (nSPS) is 23.9. The predicted octanol–water partition coefficient (Wildman–Crippen LogP) is -0.347. The zero-order valence-electron chi connectivity index (χ0n) is 9.18. The molecule has 0 spiro atoms. The first kappa shape index (κ1) is 11.9. The predicted molar refractivity (Wildman–Crippen MR) is 60.2 cm³/mol. The maximum atomic E-state index is 12.0. The maximum absolute atomic E-state index is 12.0. The molecule has 92 valence electrons. The molecule has 1 fully saturated rings. The van der Waals surface area contributed by atoms with Crippen molar-refractivity contribution in [3.63, 3.8) is 0 Å². The smallest absolute Gasteiger partial charge is 0.327 e. The number of amides is 1. The second-order valence-corrected chi connectivity index (χ2v) is 5.03. The van der Waals surface area contributed by atoms with E-state index >= 15 is 0 Å². The van der Waals surface area contributed by atoms with E-state index in [2.05, 4.69) is 10.1 Å². The lowest BCUT2D eigenvalue weighted by Gasteiger charge is -2.24. The van der Waals surface area contributed by atoms with Gasteiger partial charge in [0.05, 0.1) is 5.37 Å². The van der Waals surface area contributed by atoms with Gasteiger partial charge in [-0.15, -0.1) is 11.8 Å². The van der Waals surface area contributed by atoms with Crippen LogP contribution in [0.25, 0.3) is 0 Å². The molecule has 1 aliphatic heterocycles. The Kier molecular flexibility index (Phi) is 3.32. The Morgan fingerprint density at radius 1 is 1.59 bits per heavy atom. The molecule has 1 aromatic heterocycles. The summed E-state index contributed by atoms with van der Waals surface area (Å²) in [5, 5.41) is 12.7. The number of thioether (sulfide) groups is 1. The standard InChI is InChI=1S/C9H12N4O3S/c1-6-13(7(3-17-6)9(15)16)8(14)2-12-5-10-4-11-12/h4-7H,2-3H2,1H3,(H,15,16). The summed E-state index contributed by atoms with van der Waals surface area (Å²) in [4.78, 5) is 28.2. The van der Waals surface area contributed by atoms with Gasteiger partial charge < -0.3 is 10.0 Å². The Bertz CT molecular complexity index is 422. The molecule has 0 saturated carbocycles. The van der Waals surface area contributed by atoms with E-state index in [0.29, 0.717) is 5.75 Å². The first-order chi connectivity index (χ1) is 8.09. The third-order valence-electron chi connectivity index (χ3n) is 2.56. The molecule has 1 amide bonds. The second-order valence-electron chi connectivity index (χ2n) is 3.68. The van der Waals surface area contributed by atoms with E-state index in [0.717, 1.165) is 0 Å². The van der Waals surface area contributed by atoms with Crippen molar-refractivity contribution < 1.29 is 14.7 Å². The Morgan fingerprint density at radius 2 is 2.35 bits per heavy atom. The summed E-state index contributed by atoms with van der Waals surface area (Å²) >= 11 is 1.46. The monoisotopic (exact) mass is 256 g/mol. The van der Waals surface area contributed by atoms with Crippen LogP contribution in [0.5, 0.6) is 0 Å². The Hall–Kier alpha value is -1.57. The third kappa shape index (κ3) is 2.41. The van der Waals surface area contributed by atoms with Gasteiger partial charge in [-0.05, 0) is 6.92 Å². The zero-order valence-corrected chi connectivity index (χ0v) is 10.0. The van der Waals surface area contributed by atoms with E-state index in [-0.39, 0.29) is 17.8 Å². The average Bonchev–Trinajstić information content (AvgIpc) is 2.86. The molecule has 1 saturated heterocycles. The number of aromatic nitrogens is 3. The van der Waals surface area contributed by atoms with Crippen LogP contribution in [0.1, 0.15) is 6.92 Å². The summed E-state index contributed by atoms with van der Waals surface area (Å²) in [6, 6.07) is -0.744. The van der Waals surface area contributed by atoms with Crippen LogP contribution in [0.3, 0.4) is 0 Å². The van der Waals surface area contributed by atoms with Crippen molar-refractivity contribution in [1.29, 1.82) is 0 Å². The lowest BCUT2D eigenvalue weighted by Crippen LogP contribution is -2.46. The highest BCUT2D eigenvalue weighted by atomic mass is 32.2. The van der Waals surface area contributed by atoms with Gasteiger partial charge in [-0.3, -0.25) is 4.79 Å². The lowest BCUT2D eigenvalue weighted by atomic mass is 10.3. The van der Waals surface area contributed by atoms with Gasteiger partial charge in [-0.1, -0.05) is 0 Å². The van der Waals surface area contributed by atoms with Gasteiger partial charge in [0.1, 0.15) is 25.2 Å². The highest BCUT2D eigenvalue weighted by molar-refractivity contribution is 8.00. The van der Waals surface area contributed by atoms with Crippen LogP contribution < -0.4 is 0 Å². The van der Waals surface area contributed by atoms with Crippen molar-refractivity contribution in [1.82, 2.24) is 19.7 Å². The number of aliphatic carboxylic acids is 1. The fourth-order valence-electron chi connectivity index (χ4n) is 1.75. The molecule has 1 N–H and O–H groups in total. The first-order valence-corrected chi connectivity index (χ1v) is 6.12. The quantitative estimate of drug-likeness (QED) is 0.795. The van der Waals surface area contributed by atoms with Crippen molar-refractivity contribution in [2.24, 2.45) is 0 Å². The van der Waals surface area contributed by atoms with Gasteiger partial charge >= 0.3 is 5.97 Å². The molecule has 2 unspecified atom stereocenters. The molecule has 0 aromatic carbocycles. The molecular weight excluding hydrogens is 244 g/mol. The number of carbonyl (C=O) groups excluding carboxylic acids is 1. The van der Waals surface area contributed by atoms with E-state index < -0.39 is 12.0 Å². The topological polar surface area (TPSA) is 88.3 Å². The Morgan fingerprint density at radius 3 is 2.94 bits per heavy atom. The summed E-state index contributed by atoms with van der Waals surface area (Å²) in [5.74, 6) is -0.784. The van der Waals surface area contributed by atoms with Gasteiger partial charge in [-0.25, -0.2) is 14.5 Å². The number of carboxylic acid groups (broad SMARTS) is 1. The van der Waals surface area contributed by atoms with Crippen LogP contribution >= 0.6 is 11.8 Å². The van der Waals surface area contributed by atoms with Crippen molar-refractivity contribution in [3.8, 4) is 0 Å². The summed E-state index contributed by atoms with van der Waals surface area (Å²) in [5.41, 5.74) is 0. The molecule has 1 aromatic rings. The Balaban J connectivity index is 2.09. The highest BCUT2D eigenvalue weighted by Crippen LogP contribution is 2.28. The van der Waals surface area contributed by atoms with Crippen LogP contribution in [0.15, 0.2) is 12.7 Å². The van der Waals surface area contributed by atoms with E-state index in [9.17, 15) is 9.59 Å². The van der Waals surface area contributed by atoms with Crippen LogP contribution in [0.4, 0.5) is 0 Å². The fraction of sp³-hybridized carbons (Fsp3) is 0.556. The minimum Gasteiger partial charge on any atom is -0.480 e. The van der Waals surface area contributed by atoms with Gasteiger partial charge in [0.2, 0.25) is 5.91 Å². The zero-order chi connectivity index (χ0) is 12.4. The number of hydrogen-bond donors (Lipinski definition) is 1. The van der Waals surface area contributed by atoms with Crippen molar-refractivity contribution in [2.75, 3.05) is 5.75 Å². The van der Waals surface area contributed by atoms with E-state index in [1.165, 1.54) is 34.0 Å². The number of hydrogen-bond acceptors (Lipinski definition) is 5. The molecule has 0 aliphatic carbocycles. The molecule has 2 rings (SSSR count). The fourth-order valence-corrected chi connectivity index (χ4v) is 2.93. The third-order valence-corrected chi connectivity index (χ3v) is 3.78. The summed E-state index contributed by atoms with van der Waals surface area (Å²) in [6.07, 6.45) is 2.77. The summed E-state index contributed by atoms with van der Waals surface area (Å²) in [7, 11) is 0. The second kappa shape index (κ2) is 4.74. The van der Waals surface area contributed by atoms with Gasteiger partial charge in [0.15, 0.2) is 0 Å². The van der Waals surface area contributed by atoms with Crippen LogP contribution in [0, 0.1) is 0 Å². The van der Waals surface area contributed by atoms with E-state index in [1.54, 1.807) is 0 Å². The van der Waals surface area contributed by atoms with Crippen LogP contribution in [-0.2, 0) is 16.1 Å². The molecule has 17 heavy (non-hydrogen) atoms. The number of rotatable bonds is 3. The number of carbonyl (C=O) groups is 2. The van der Waals surface area contributed by atoms with Crippen molar-refractivity contribution in [2.45, 2.75) is 24.9 Å². The highest BCUT2D eigenvalue weighted by Gasteiger charge is 2.39. The molecule has 0 radical (unpaired) electrons. The summed E-state index contributed by atoms with van der Waals surface area (Å²) < 4.78 is 1.39. The first-order valence-electron chi connectivity index (χ1n) is 5.07. The van der Waals surface area contributed by atoms with E-state index in [1.807, 2.05) is 6.92 Å². The number of nitrogens with zero attached hydrogens (tertiary/aromatic N) is 4. The SMILES string of the molecule is CC1SCC(C(=O)O)N1C(=O)Cn1cncn1. The molecule has 7 nitrogen and oxygen atoms in total. The van der Waals surface area contributed by atoms with Gasteiger partial charge in [0.25, 0.3) is 0 Å². The molecular formula is C9H12N4O3S. The lowest BCUT2D eigenvalue weighted by molar-refractivity contribution is -0.149. The largest absolute Gasteiger partial charge is 0.480 e. The summed E-state index contributed by atoms with van der Waals surface area (Å²) in [6.45, 7) is 1.85. The molecule has 2 heterocycles. The van der Waals surface area contributed by atoms with Gasteiger partial charge in [0, 0.05) is 5.75 Å². The molecule has 0 bridgehead atoms. The number of carboxylic acids is 1. The minimum absolute atomic E-state index is 0.0225. The molecule has 2 atom stereocenters. The van der Waals surface area contributed by atoms with Crippen molar-refractivity contribution >= 4 is 23.6 Å². The molecule has 1 aliphatic rings. The van der Waals surface area contributed by atoms with Crippen LogP contribution in [-0.4, -0.2) is 53.8 Å². The van der Waals surface area contributed by atoms with Crippen LogP contribution in [0.2, 0.25) is 0 Å². The minimum atomic E-state index is -0.964. The van der Waals surface area contributed by atoms with Gasteiger partial charge in [-0.2, -0.15) is 5.10 Å². The average molecular weight is 256 g/mol. The van der Waals surface area contributed by atoms with E-state index in [4.69, 9.17) is 5.11 Å². The molecule has 8 heteroatoms. The Labute approximate surface area is 102 Å². The maximum Gasteiger partial charge on any atom is 0.327 e. The van der Waals surface area contributed by atoms with Crippen molar-refractivity contribution in [3.05, 3.63) is 12.7 Å².